The van der Waals surface area contributed by atoms with Gasteiger partial charge < -0.3 is 14.8 Å². The van der Waals surface area contributed by atoms with Gasteiger partial charge in [-0.2, -0.15) is 0 Å². The van der Waals surface area contributed by atoms with Crippen LogP contribution in [0.4, 0.5) is 14.6 Å². The van der Waals surface area contributed by atoms with E-state index < -0.39 is 41.5 Å². The number of piperidine rings is 3. The molecule has 6 aliphatic rings. The molecular weight excluding hydrogens is 793 g/mol. The van der Waals surface area contributed by atoms with Crippen molar-refractivity contribution in [2.24, 2.45) is 5.41 Å². The van der Waals surface area contributed by atoms with Crippen molar-refractivity contribution < 1.29 is 37.8 Å². The number of aromatic nitrogens is 1. The van der Waals surface area contributed by atoms with Crippen molar-refractivity contribution in [1.29, 1.82) is 0 Å². The number of carbonyl (C=O) groups is 5. The lowest BCUT2D eigenvalue weighted by molar-refractivity contribution is -0.137. The van der Waals surface area contributed by atoms with Gasteiger partial charge in [-0.3, -0.25) is 44.0 Å². The van der Waals surface area contributed by atoms with Crippen molar-refractivity contribution in [1.82, 2.24) is 29.3 Å². The summed E-state index contributed by atoms with van der Waals surface area (Å²) >= 11 is 1.50. The van der Waals surface area contributed by atoms with Crippen LogP contribution in [0.3, 0.4) is 0 Å². The van der Waals surface area contributed by atoms with Crippen molar-refractivity contribution in [3.8, 4) is 5.75 Å². The highest BCUT2D eigenvalue weighted by molar-refractivity contribution is 7.96. The topological polar surface area (TPSA) is 139 Å². The van der Waals surface area contributed by atoms with Crippen molar-refractivity contribution in [2.75, 3.05) is 50.4 Å². The first-order valence-corrected chi connectivity index (χ1v) is 21.9. The fraction of sp³-hybridized carbons (Fsp3) is 0.432. The third kappa shape index (κ3) is 6.45. The standard InChI is InChI=1S/C44H45F2N7O6S/c1-60-52-13-8-29-28-4-2-3-5-33(28)47-39(29)40(52)38-32(45)20-27(21-35(38)59-46)50-14-9-44(10-15-50)11-16-51(17-12-44)37(55)24-49-22-25-18-30-31(19-26(25)23-49)43(58)53(42(30)57)34-6-7-36(54)48-41(34)56/h2-5,18-21,34,40,47H,6-17,22-24H2,1H3,(H,48,54,56)/t34?,40-/m0/s1. The van der Waals surface area contributed by atoms with Gasteiger partial charge in [0.1, 0.15) is 11.9 Å². The largest absolute Gasteiger partial charge is 0.371 e. The molecule has 1 spiro atoms. The minimum atomic E-state index is -1.02. The number of halogens is 2. The number of likely N-dealkylation sites (tertiary alicyclic amines) is 1. The van der Waals surface area contributed by atoms with Crippen LogP contribution in [-0.4, -0.2) is 105 Å². The molecule has 0 radical (unpaired) electrons. The van der Waals surface area contributed by atoms with E-state index >= 15 is 4.39 Å². The molecule has 60 heavy (non-hydrogen) atoms. The predicted molar refractivity (Wildman–Crippen MR) is 219 cm³/mol. The van der Waals surface area contributed by atoms with Gasteiger partial charge in [0.05, 0.1) is 29.3 Å². The van der Waals surface area contributed by atoms with Crippen LogP contribution in [0.25, 0.3) is 10.9 Å². The molecule has 3 saturated heterocycles. The quantitative estimate of drug-likeness (QED) is 0.183. The van der Waals surface area contributed by atoms with E-state index in [0.29, 0.717) is 51.5 Å². The first-order valence-electron chi connectivity index (χ1n) is 20.7. The van der Waals surface area contributed by atoms with E-state index in [1.54, 1.807) is 18.2 Å². The highest BCUT2D eigenvalue weighted by Gasteiger charge is 2.46. The van der Waals surface area contributed by atoms with Crippen LogP contribution >= 0.6 is 11.9 Å². The van der Waals surface area contributed by atoms with E-state index in [0.717, 1.165) is 70.3 Å². The van der Waals surface area contributed by atoms with Crippen LogP contribution in [0.5, 0.6) is 5.75 Å². The maximum Gasteiger partial charge on any atom is 0.262 e. The first kappa shape index (κ1) is 38.9. The molecule has 7 heterocycles. The Hall–Kier alpha value is -5.32. The van der Waals surface area contributed by atoms with Crippen molar-refractivity contribution in [3.05, 3.63) is 93.4 Å². The SMILES string of the molecule is CSN1CCc2c([nH]c3ccccc23)[C@@H]1c1c(F)cc(N2CCC3(CCN(C(=O)CN4Cc5cc6c(cc5C4)C(=O)N(C4CCC(=O)NC4=O)C6=O)CC3)CC2)cc1OF. The highest BCUT2D eigenvalue weighted by atomic mass is 32.2. The van der Waals surface area contributed by atoms with Crippen molar-refractivity contribution >= 4 is 58.1 Å². The maximum atomic E-state index is 16.4. The van der Waals surface area contributed by atoms with Gasteiger partial charge in [0.25, 0.3) is 11.8 Å². The fourth-order valence-electron chi connectivity index (χ4n) is 10.6. The molecule has 3 aromatic carbocycles. The summed E-state index contributed by atoms with van der Waals surface area (Å²) in [5.74, 6) is -2.73. The lowest BCUT2D eigenvalue weighted by Gasteiger charge is -2.47. The molecule has 0 saturated carbocycles. The molecule has 0 aliphatic carbocycles. The van der Waals surface area contributed by atoms with Gasteiger partial charge in [0.15, 0.2) is 5.75 Å². The monoisotopic (exact) mass is 837 g/mol. The zero-order valence-electron chi connectivity index (χ0n) is 33.2. The average molecular weight is 838 g/mol. The molecule has 312 valence electrons. The van der Waals surface area contributed by atoms with Crippen LogP contribution in [0.1, 0.15) is 93.2 Å². The molecule has 2 N–H and O–H groups in total. The Kier molecular flexibility index (Phi) is 9.71. The third-order valence-electron chi connectivity index (χ3n) is 13.9. The van der Waals surface area contributed by atoms with E-state index in [2.05, 4.69) is 30.5 Å². The van der Waals surface area contributed by atoms with Crippen LogP contribution in [0.2, 0.25) is 0 Å². The van der Waals surface area contributed by atoms with E-state index in [1.807, 2.05) is 34.3 Å². The van der Waals surface area contributed by atoms with Gasteiger partial charge in [-0.25, -0.2) is 8.70 Å². The fourth-order valence-corrected chi connectivity index (χ4v) is 11.3. The lowest BCUT2D eigenvalue weighted by Crippen LogP contribution is -2.54. The number of aromatic amines is 1. The molecule has 2 atom stereocenters. The Balaban J connectivity index is 0.754. The molecule has 6 aliphatic heterocycles. The summed E-state index contributed by atoms with van der Waals surface area (Å²) in [5, 5.41) is 3.32. The summed E-state index contributed by atoms with van der Waals surface area (Å²) in [6.07, 6.45) is 6.36. The number of amides is 5. The number of H-pyrrole nitrogens is 1. The summed E-state index contributed by atoms with van der Waals surface area (Å²) in [6, 6.07) is 13.0. The van der Waals surface area contributed by atoms with E-state index in [1.165, 1.54) is 18.0 Å². The summed E-state index contributed by atoms with van der Waals surface area (Å²) in [4.78, 5) is 79.3. The van der Waals surface area contributed by atoms with Gasteiger partial charge in [-0.1, -0.05) is 30.1 Å². The van der Waals surface area contributed by atoms with Gasteiger partial charge in [0.2, 0.25) is 17.7 Å². The highest BCUT2D eigenvalue weighted by Crippen LogP contribution is 2.47. The zero-order chi connectivity index (χ0) is 41.4. The number of hydrogen-bond acceptors (Lipinski definition) is 10. The Bertz CT molecular complexity index is 2430. The summed E-state index contributed by atoms with van der Waals surface area (Å²) in [5.41, 5.74) is 6.00. The Morgan fingerprint density at radius 3 is 2.25 bits per heavy atom. The van der Waals surface area contributed by atoms with E-state index in [-0.39, 0.29) is 53.1 Å². The molecule has 1 aromatic heterocycles. The summed E-state index contributed by atoms with van der Waals surface area (Å²) in [6.45, 7) is 4.44. The number of benzene rings is 3. The number of imide groups is 2. The predicted octanol–water partition coefficient (Wildman–Crippen LogP) is 5.42. The van der Waals surface area contributed by atoms with E-state index in [4.69, 9.17) is 0 Å². The number of anilines is 1. The Morgan fingerprint density at radius 1 is 0.900 bits per heavy atom. The van der Waals surface area contributed by atoms with Gasteiger partial charge in [-0.05, 0) is 91.2 Å². The molecule has 13 nitrogen and oxygen atoms in total. The number of rotatable bonds is 7. The number of fused-ring (bicyclic) bond motifs is 5. The number of para-hydroxylation sites is 1. The van der Waals surface area contributed by atoms with Crippen LogP contribution < -0.4 is 15.2 Å². The molecule has 1 unspecified atom stereocenters. The molecule has 16 heteroatoms. The maximum absolute atomic E-state index is 16.4. The molecular formula is C44H45F2N7O6S. The second-order valence-electron chi connectivity index (χ2n) is 17.1. The first-order chi connectivity index (χ1) is 29.0. The molecule has 5 amide bonds. The number of carbonyl (C=O) groups excluding carboxylic acids is 5. The van der Waals surface area contributed by atoms with Crippen LogP contribution in [0.15, 0.2) is 48.5 Å². The smallest absolute Gasteiger partial charge is 0.262 e. The summed E-state index contributed by atoms with van der Waals surface area (Å²) in [7, 11) is 0. The Morgan fingerprint density at radius 2 is 1.58 bits per heavy atom. The Labute approximate surface area is 349 Å². The molecule has 3 fully saturated rings. The molecule has 10 rings (SSSR count). The van der Waals surface area contributed by atoms with Gasteiger partial charge in [-0.15, -0.1) is 0 Å². The summed E-state index contributed by atoms with van der Waals surface area (Å²) < 4.78 is 32.9. The van der Waals surface area contributed by atoms with Crippen molar-refractivity contribution in [2.45, 2.75) is 70.1 Å². The van der Waals surface area contributed by atoms with E-state index in [9.17, 15) is 28.5 Å². The number of hydrogen-bond donors (Lipinski definition) is 2. The van der Waals surface area contributed by atoms with Crippen LogP contribution in [0, 0.1) is 11.2 Å². The second kappa shape index (κ2) is 15.0. The van der Waals surface area contributed by atoms with Gasteiger partial charge in [0, 0.05) is 85.1 Å². The average Bonchev–Trinajstić information content (AvgIpc) is 3.90. The number of nitrogens with one attached hydrogen (secondary N) is 2. The normalized spacial score (nSPS) is 23.0. The minimum Gasteiger partial charge on any atom is -0.371 e. The zero-order valence-corrected chi connectivity index (χ0v) is 34.0. The molecule has 0 bridgehead atoms. The van der Waals surface area contributed by atoms with Gasteiger partial charge >= 0.3 is 0 Å². The second-order valence-corrected chi connectivity index (χ2v) is 17.9. The minimum absolute atomic E-state index is 0.0331. The molecule has 4 aromatic rings. The third-order valence-corrected chi connectivity index (χ3v) is 14.8. The van der Waals surface area contributed by atoms with Crippen molar-refractivity contribution in [3.63, 3.8) is 0 Å². The lowest BCUT2D eigenvalue weighted by atomic mass is 9.71. The number of nitrogens with zero attached hydrogens (tertiary/aromatic N) is 5. The van der Waals surface area contributed by atoms with Crippen LogP contribution in [-0.2, 0) is 33.9 Å².